The van der Waals surface area contributed by atoms with E-state index in [4.69, 9.17) is 4.74 Å². The molecule has 5 rings (SSSR count). The molecule has 5 fully saturated rings. The Balaban J connectivity index is 1.27. The van der Waals surface area contributed by atoms with Crippen molar-refractivity contribution in [1.82, 2.24) is 0 Å². The highest BCUT2D eigenvalue weighted by molar-refractivity contribution is 5.66. The fourth-order valence-corrected chi connectivity index (χ4v) is 10.5. The zero-order valence-corrected chi connectivity index (χ0v) is 22.6. The minimum absolute atomic E-state index is 0.0849. The second kappa shape index (κ2) is 8.55. The maximum absolute atomic E-state index is 11.6. The van der Waals surface area contributed by atoms with Crippen LogP contribution >= 0.6 is 0 Å². The highest BCUT2D eigenvalue weighted by Crippen LogP contribution is 2.67. The summed E-state index contributed by atoms with van der Waals surface area (Å²) in [5.74, 6) is 6.35. The van der Waals surface area contributed by atoms with Gasteiger partial charge in [0.2, 0.25) is 0 Å². The van der Waals surface area contributed by atoms with Crippen LogP contribution in [0.2, 0.25) is 0 Å². The lowest BCUT2D eigenvalue weighted by Gasteiger charge is -2.64. The van der Waals surface area contributed by atoms with Crippen LogP contribution in [-0.4, -0.2) is 12.1 Å². The SMILES string of the molecule is CC(=O)O[C@H]1CC[C@@]2(C)[C@@H](CC[C@@H]3[C@@H]2CC[C@]2(C)[C@@H]([C@H](C)CC[C@@H]4CC4(C)C)CCC[C@@H]32)C1. The van der Waals surface area contributed by atoms with Crippen LogP contribution in [0.5, 0.6) is 0 Å². The van der Waals surface area contributed by atoms with E-state index in [1.54, 1.807) is 6.92 Å². The summed E-state index contributed by atoms with van der Waals surface area (Å²) < 4.78 is 5.68. The predicted molar refractivity (Wildman–Crippen MR) is 136 cm³/mol. The normalized spacial score (nSPS) is 49.2. The smallest absolute Gasteiger partial charge is 0.302 e. The number of ether oxygens (including phenoxy) is 1. The topological polar surface area (TPSA) is 26.3 Å². The first-order chi connectivity index (χ1) is 15.5. The minimum atomic E-state index is -0.0849. The van der Waals surface area contributed by atoms with Crippen LogP contribution in [0.1, 0.15) is 125 Å². The zero-order valence-electron chi connectivity index (χ0n) is 22.6. The summed E-state index contributed by atoms with van der Waals surface area (Å²) in [5, 5.41) is 0. The van der Waals surface area contributed by atoms with Gasteiger partial charge in [0, 0.05) is 6.92 Å². The van der Waals surface area contributed by atoms with Crippen molar-refractivity contribution >= 4 is 5.97 Å². The molecule has 0 amide bonds. The molecule has 0 aliphatic heterocycles. The van der Waals surface area contributed by atoms with Crippen LogP contribution in [0, 0.1) is 57.7 Å². The number of rotatable bonds is 5. The van der Waals surface area contributed by atoms with Crippen LogP contribution in [0.25, 0.3) is 0 Å². The van der Waals surface area contributed by atoms with Gasteiger partial charge >= 0.3 is 5.97 Å². The van der Waals surface area contributed by atoms with Crippen LogP contribution in [-0.2, 0) is 9.53 Å². The molecule has 2 heteroatoms. The molecule has 0 aromatic rings. The van der Waals surface area contributed by atoms with E-state index < -0.39 is 0 Å². The van der Waals surface area contributed by atoms with Gasteiger partial charge in [-0.2, -0.15) is 0 Å². The number of hydrogen-bond donors (Lipinski definition) is 0. The first-order valence-electron chi connectivity index (χ1n) is 14.7. The first kappa shape index (κ1) is 24.2. The summed E-state index contributed by atoms with van der Waals surface area (Å²) in [6, 6.07) is 0. The fourth-order valence-electron chi connectivity index (χ4n) is 10.5. The fraction of sp³-hybridized carbons (Fsp3) is 0.968. The number of fused-ring (bicyclic) bond motifs is 5. The second-order valence-electron chi connectivity index (χ2n) is 14.7. The summed E-state index contributed by atoms with van der Waals surface area (Å²) in [4.78, 5) is 11.6. The van der Waals surface area contributed by atoms with Crippen molar-refractivity contribution in [1.29, 1.82) is 0 Å². The Kier molecular flexibility index (Phi) is 6.26. The molecule has 5 aliphatic carbocycles. The molecule has 0 unspecified atom stereocenters. The number of hydrogen-bond acceptors (Lipinski definition) is 2. The van der Waals surface area contributed by atoms with Gasteiger partial charge in [-0.1, -0.05) is 47.5 Å². The molecule has 33 heavy (non-hydrogen) atoms. The van der Waals surface area contributed by atoms with E-state index in [2.05, 4.69) is 34.6 Å². The molecular weight excluding hydrogens is 404 g/mol. The Bertz CT molecular complexity index is 741. The van der Waals surface area contributed by atoms with Gasteiger partial charge in [-0.3, -0.25) is 4.79 Å². The van der Waals surface area contributed by atoms with Gasteiger partial charge in [-0.25, -0.2) is 0 Å². The van der Waals surface area contributed by atoms with E-state index in [-0.39, 0.29) is 12.1 Å². The number of carbonyl (C=O) groups is 1. The molecule has 0 heterocycles. The standard InChI is InChI=1S/C31H52O2/c1-20(10-11-23-19-29(23,3)4)26-8-7-9-27-25-13-12-22-18-24(33-21(2)32)14-16-30(22,5)28(25)15-17-31(26,27)6/h20,22-28H,7-19H2,1-6H3/t20-,22+,23-,24+,25+,26-,27+,28+,30+,31-/m1/s1. The van der Waals surface area contributed by atoms with Crippen LogP contribution in [0.15, 0.2) is 0 Å². The average Bonchev–Trinajstić information content (AvgIpc) is 3.37. The minimum Gasteiger partial charge on any atom is -0.463 e. The summed E-state index contributed by atoms with van der Waals surface area (Å²) in [5.41, 5.74) is 1.70. The van der Waals surface area contributed by atoms with E-state index in [1.807, 2.05) is 0 Å². The Morgan fingerprint density at radius 3 is 2.33 bits per heavy atom. The molecule has 0 saturated heterocycles. The van der Waals surface area contributed by atoms with Crippen molar-refractivity contribution in [3.63, 3.8) is 0 Å². The summed E-state index contributed by atoms with van der Waals surface area (Å²) in [6.45, 7) is 14.5. The average molecular weight is 457 g/mol. The highest BCUT2D eigenvalue weighted by atomic mass is 16.5. The van der Waals surface area contributed by atoms with Gasteiger partial charge in [-0.05, 0) is 128 Å². The lowest BCUT2D eigenvalue weighted by molar-refractivity contribution is -0.169. The van der Waals surface area contributed by atoms with Gasteiger partial charge in [0.05, 0.1) is 0 Å². The summed E-state index contributed by atoms with van der Waals surface area (Å²) in [7, 11) is 0. The van der Waals surface area contributed by atoms with Gasteiger partial charge in [0.25, 0.3) is 0 Å². The van der Waals surface area contributed by atoms with Gasteiger partial charge < -0.3 is 4.74 Å². The van der Waals surface area contributed by atoms with Crippen molar-refractivity contribution in [2.45, 2.75) is 131 Å². The van der Waals surface area contributed by atoms with Gasteiger partial charge in [0.15, 0.2) is 0 Å². The molecule has 0 aromatic heterocycles. The Morgan fingerprint density at radius 1 is 0.939 bits per heavy atom. The zero-order chi connectivity index (χ0) is 23.6. The van der Waals surface area contributed by atoms with Crippen molar-refractivity contribution in [3.8, 4) is 0 Å². The van der Waals surface area contributed by atoms with E-state index >= 15 is 0 Å². The van der Waals surface area contributed by atoms with Crippen molar-refractivity contribution in [2.24, 2.45) is 57.7 Å². The van der Waals surface area contributed by atoms with E-state index in [0.29, 0.717) is 16.2 Å². The Labute approximate surface area is 204 Å². The third-order valence-corrected chi connectivity index (χ3v) is 12.6. The third kappa shape index (κ3) is 4.22. The second-order valence-corrected chi connectivity index (χ2v) is 14.7. The molecule has 2 nitrogen and oxygen atoms in total. The van der Waals surface area contributed by atoms with Gasteiger partial charge in [0.1, 0.15) is 6.10 Å². The van der Waals surface area contributed by atoms with E-state index in [9.17, 15) is 4.79 Å². The summed E-state index contributed by atoms with van der Waals surface area (Å²) in [6.07, 6.45) is 18.3. The quantitative estimate of drug-likeness (QED) is 0.388. The summed E-state index contributed by atoms with van der Waals surface area (Å²) >= 11 is 0. The molecule has 0 N–H and O–H groups in total. The van der Waals surface area contributed by atoms with Crippen molar-refractivity contribution in [2.75, 3.05) is 0 Å². The Morgan fingerprint density at radius 2 is 1.64 bits per heavy atom. The molecule has 5 aliphatic rings. The molecule has 5 saturated carbocycles. The van der Waals surface area contributed by atoms with E-state index in [1.165, 1.54) is 70.6 Å². The van der Waals surface area contributed by atoms with Gasteiger partial charge in [-0.15, -0.1) is 0 Å². The van der Waals surface area contributed by atoms with Crippen molar-refractivity contribution in [3.05, 3.63) is 0 Å². The maximum atomic E-state index is 11.6. The molecule has 0 aromatic carbocycles. The van der Waals surface area contributed by atoms with E-state index in [0.717, 1.165) is 54.3 Å². The number of esters is 1. The highest BCUT2D eigenvalue weighted by Gasteiger charge is 2.59. The van der Waals surface area contributed by atoms with Crippen molar-refractivity contribution < 1.29 is 9.53 Å². The maximum Gasteiger partial charge on any atom is 0.302 e. The molecule has 0 bridgehead atoms. The monoisotopic (exact) mass is 456 g/mol. The molecule has 0 radical (unpaired) electrons. The first-order valence-corrected chi connectivity index (χ1v) is 14.7. The van der Waals surface area contributed by atoms with Crippen LogP contribution in [0.4, 0.5) is 0 Å². The lowest BCUT2D eigenvalue weighted by Crippen LogP contribution is -2.57. The number of carbonyl (C=O) groups excluding carboxylic acids is 1. The molecular formula is C31H52O2. The lowest BCUT2D eigenvalue weighted by atomic mass is 9.41. The molecule has 0 spiro atoms. The predicted octanol–water partition coefficient (Wildman–Crippen LogP) is 8.43. The molecule has 188 valence electrons. The van der Waals surface area contributed by atoms with Crippen LogP contribution in [0.3, 0.4) is 0 Å². The van der Waals surface area contributed by atoms with Crippen LogP contribution < -0.4 is 0 Å². The largest absolute Gasteiger partial charge is 0.463 e. The Hall–Kier alpha value is -0.530. The third-order valence-electron chi connectivity index (χ3n) is 12.6. The molecule has 10 atom stereocenters.